The molecule has 27 heavy (non-hydrogen) atoms. The third kappa shape index (κ3) is 2.86. The number of anilines is 1. The molecule has 1 aliphatic rings. The SMILES string of the molecule is Nc1ncc(-c2cnn(C3CCNCC3)c2)c2cc(-c3cccnc3)oc12. The molecular weight excluding hydrogens is 340 g/mol. The van der Waals surface area contributed by atoms with Crippen molar-refractivity contribution in [3.05, 3.63) is 49.2 Å². The molecule has 0 unspecified atom stereocenters. The smallest absolute Gasteiger partial charge is 0.177 e. The zero-order valence-corrected chi connectivity index (χ0v) is 14.8. The van der Waals surface area contributed by atoms with Crippen LogP contribution in [-0.4, -0.2) is 32.8 Å². The molecule has 7 heteroatoms. The van der Waals surface area contributed by atoms with Gasteiger partial charge in [-0.15, -0.1) is 0 Å². The van der Waals surface area contributed by atoms with E-state index in [1.165, 1.54) is 0 Å². The molecule has 0 aliphatic carbocycles. The lowest BCUT2D eigenvalue weighted by Crippen LogP contribution is -2.29. The number of furan rings is 1. The van der Waals surface area contributed by atoms with Crippen LogP contribution in [0.3, 0.4) is 0 Å². The van der Waals surface area contributed by atoms with E-state index in [4.69, 9.17) is 10.2 Å². The molecule has 136 valence electrons. The molecule has 0 saturated carbocycles. The molecule has 1 aliphatic heterocycles. The van der Waals surface area contributed by atoms with Gasteiger partial charge in [0, 0.05) is 46.9 Å². The quantitative estimate of drug-likeness (QED) is 0.582. The Hall–Kier alpha value is -3.19. The van der Waals surface area contributed by atoms with Gasteiger partial charge in [-0.1, -0.05) is 0 Å². The predicted octanol–water partition coefficient (Wildman–Crippen LogP) is 3.26. The normalized spacial score (nSPS) is 15.4. The molecular formula is C20H20N6O. The number of nitrogens with one attached hydrogen (secondary N) is 1. The lowest BCUT2D eigenvalue weighted by atomic mass is 10.1. The van der Waals surface area contributed by atoms with Crippen LogP contribution in [0.4, 0.5) is 5.82 Å². The minimum Gasteiger partial charge on any atom is -0.452 e. The van der Waals surface area contributed by atoms with E-state index < -0.39 is 0 Å². The molecule has 4 aromatic rings. The van der Waals surface area contributed by atoms with Gasteiger partial charge in [0.25, 0.3) is 0 Å². The maximum Gasteiger partial charge on any atom is 0.177 e. The van der Waals surface area contributed by atoms with E-state index in [0.29, 0.717) is 17.4 Å². The van der Waals surface area contributed by atoms with E-state index in [0.717, 1.165) is 53.8 Å². The fraction of sp³-hybridized carbons (Fsp3) is 0.250. The van der Waals surface area contributed by atoms with Crippen LogP contribution in [0.2, 0.25) is 0 Å². The van der Waals surface area contributed by atoms with E-state index in [1.807, 2.05) is 24.4 Å². The van der Waals surface area contributed by atoms with Gasteiger partial charge < -0.3 is 15.5 Å². The van der Waals surface area contributed by atoms with Gasteiger partial charge in [-0.05, 0) is 44.1 Å². The van der Waals surface area contributed by atoms with Crippen LogP contribution >= 0.6 is 0 Å². The van der Waals surface area contributed by atoms with Gasteiger partial charge >= 0.3 is 0 Å². The highest BCUT2D eigenvalue weighted by Crippen LogP contribution is 2.36. The number of fused-ring (bicyclic) bond motifs is 1. The molecule has 0 spiro atoms. The summed E-state index contributed by atoms with van der Waals surface area (Å²) in [5.41, 5.74) is 9.56. The molecule has 1 saturated heterocycles. The molecule has 1 fully saturated rings. The number of nitrogens with two attached hydrogens (primary N) is 1. The second-order valence-corrected chi connectivity index (χ2v) is 6.84. The third-order valence-electron chi connectivity index (χ3n) is 5.13. The number of piperidine rings is 1. The Morgan fingerprint density at radius 1 is 1.15 bits per heavy atom. The Balaban J connectivity index is 1.58. The molecule has 0 aromatic carbocycles. The Bertz CT molecular complexity index is 1080. The average Bonchev–Trinajstić information content (AvgIpc) is 3.38. The summed E-state index contributed by atoms with van der Waals surface area (Å²) in [7, 11) is 0. The predicted molar refractivity (Wildman–Crippen MR) is 104 cm³/mol. The zero-order valence-electron chi connectivity index (χ0n) is 14.8. The Morgan fingerprint density at radius 2 is 2.04 bits per heavy atom. The number of rotatable bonds is 3. The summed E-state index contributed by atoms with van der Waals surface area (Å²) in [6.07, 6.45) is 11.5. The van der Waals surface area contributed by atoms with Crippen molar-refractivity contribution in [3.63, 3.8) is 0 Å². The Morgan fingerprint density at radius 3 is 2.85 bits per heavy atom. The van der Waals surface area contributed by atoms with Gasteiger partial charge in [0.1, 0.15) is 5.76 Å². The topological polar surface area (TPSA) is 94.8 Å². The van der Waals surface area contributed by atoms with E-state index >= 15 is 0 Å². The Labute approximate surface area is 156 Å². The average molecular weight is 360 g/mol. The van der Waals surface area contributed by atoms with Crippen LogP contribution in [0.25, 0.3) is 33.4 Å². The zero-order chi connectivity index (χ0) is 18.2. The number of hydrogen-bond donors (Lipinski definition) is 2. The number of aromatic nitrogens is 4. The van der Waals surface area contributed by atoms with Gasteiger partial charge in [-0.3, -0.25) is 9.67 Å². The highest BCUT2D eigenvalue weighted by atomic mass is 16.3. The van der Waals surface area contributed by atoms with Crippen LogP contribution in [-0.2, 0) is 0 Å². The van der Waals surface area contributed by atoms with E-state index in [2.05, 4.69) is 31.3 Å². The van der Waals surface area contributed by atoms with Crippen LogP contribution in [0.1, 0.15) is 18.9 Å². The van der Waals surface area contributed by atoms with Crippen LogP contribution < -0.4 is 11.1 Å². The van der Waals surface area contributed by atoms with Gasteiger partial charge in [0.05, 0.1) is 12.2 Å². The van der Waals surface area contributed by atoms with Crippen molar-refractivity contribution in [2.75, 3.05) is 18.8 Å². The van der Waals surface area contributed by atoms with Gasteiger partial charge in [-0.2, -0.15) is 5.10 Å². The molecule has 3 N–H and O–H groups in total. The highest BCUT2D eigenvalue weighted by molar-refractivity contribution is 6.00. The van der Waals surface area contributed by atoms with Crippen molar-refractivity contribution < 1.29 is 4.42 Å². The maximum atomic E-state index is 6.07. The summed E-state index contributed by atoms with van der Waals surface area (Å²) in [4.78, 5) is 8.50. The van der Waals surface area contributed by atoms with Crippen LogP contribution in [0.5, 0.6) is 0 Å². The summed E-state index contributed by atoms with van der Waals surface area (Å²) >= 11 is 0. The minimum atomic E-state index is 0.384. The number of hydrogen-bond acceptors (Lipinski definition) is 6. The van der Waals surface area contributed by atoms with Crippen molar-refractivity contribution in [3.8, 4) is 22.5 Å². The molecule has 0 bridgehead atoms. The largest absolute Gasteiger partial charge is 0.452 e. The minimum absolute atomic E-state index is 0.384. The van der Waals surface area contributed by atoms with E-state index in [9.17, 15) is 0 Å². The van der Waals surface area contributed by atoms with Crippen LogP contribution in [0, 0.1) is 0 Å². The number of nitrogens with zero attached hydrogens (tertiary/aromatic N) is 4. The van der Waals surface area contributed by atoms with Gasteiger partial charge in [0.2, 0.25) is 0 Å². The molecule has 0 radical (unpaired) electrons. The van der Waals surface area contributed by atoms with Crippen molar-refractivity contribution in [2.45, 2.75) is 18.9 Å². The summed E-state index contributed by atoms with van der Waals surface area (Å²) in [5, 5.41) is 8.93. The highest BCUT2D eigenvalue weighted by Gasteiger charge is 2.19. The fourth-order valence-electron chi connectivity index (χ4n) is 3.67. The van der Waals surface area contributed by atoms with Crippen molar-refractivity contribution >= 4 is 16.8 Å². The number of pyridine rings is 2. The second kappa shape index (κ2) is 6.51. The summed E-state index contributed by atoms with van der Waals surface area (Å²) in [6, 6.07) is 6.28. The first kappa shape index (κ1) is 16.0. The van der Waals surface area contributed by atoms with Gasteiger partial charge in [-0.25, -0.2) is 4.98 Å². The number of nitrogen functional groups attached to an aromatic ring is 1. The van der Waals surface area contributed by atoms with E-state index in [-0.39, 0.29) is 0 Å². The Kier molecular flexibility index (Phi) is 3.86. The van der Waals surface area contributed by atoms with Gasteiger partial charge in [0.15, 0.2) is 11.4 Å². The summed E-state index contributed by atoms with van der Waals surface area (Å²) < 4.78 is 8.08. The fourth-order valence-corrected chi connectivity index (χ4v) is 3.67. The van der Waals surface area contributed by atoms with Crippen molar-refractivity contribution in [1.82, 2.24) is 25.1 Å². The third-order valence-corrected chi connectivity index (χ3v) is 5.13. The van der Waals surface area contributed by atoms with E-state index in [1.54, 1.807) is 18.6 Å². The first-order chi connectivity index (χ1) is 13.3. The van der Waals surface area contributed by atoms with Crippen LogP contribution in [0.15, 0.2) is 53.6 Å². The van der Waals surface area contributed by atoms with Crippen molar-refractivity contribution in [2.24, 2.45) is 0 Å². The molecule has 5 heterocycles. The molecule has 7 nitrogen and oxygen atoms in total. The first-order valence-corrected chi connectivity index (χ1v) is 9.13. The first-order valence-electron chi connectivity index (χ1n) is 9.13. The molecule has 4 aromatic heterocycles. The summed E-state index contributed by atoms with van der Waals surface area (Å²) in [6.45, 7) is 2.06. The monoisotopic (exact) mass is 360 g/mol. The molecule has 0 amide bonds. The second-order valence-electron chi connectivity index (χ2n) is 6.84. The lowest BCUT2D eigenvalue weighted by molar-refractivity contribution is 0.343. The summed E-state index contributed by atoms with van der Waals surface area (Å²) in [5.74, 6) is 1.11. The molecule has 5 rings (SSSR count). The molecule has 0 atom stereocenters. The standard InChI is InChI=1S/C20H20N6O/c21-20-19-16(8-18(27-19)13-2-1-5-23-9-13)17(11-24-20)14-10-25-26(12-14)15-3-6-22-7-4-15/h1-2,5,8-12,15,22H,3-4,6-7H2,(H2,21,24). The lowest BCUT2D eigenvalue weighted by Gasteiger charge is -2.22. The maximum absolute atomic E-state index is 6.07. The van der Waals surface area contributed by atoms with Crippen molar-refractivity contribution in [1.29, 1.82) is 0 Å².